The zero-order chi connectivity index (χ0) is 20.1. The van der Waals surface area contributed by atoms with Gasteiger partial charge in [0.05, 0.1) is 17.6 Å². The normalized spacial score (nSPS) is 14.0. The zero-order valence-corrected chi connectivity index (χ0v) is 16.0. The van der Waals surface area contributed by atoms with Crippen molar-refractivity contribution in [3.8, 4) is 0 Å². The van der Waals surface area contributed by atoms with Gasteiger partial charge in [-0.1, -0.05) is 12.1 Å². The number of amides is 1. The van der Waals surface area contributed by atoms with Crippen LogP contribution in [0.25, 0.3) is 0 Å². The Balaban J connectivity index is 1.32. The smallest absolute Gasteiger partial charge is 0.270 e. The second-order valence-electron chi connectivity index (χ2n) is 6.87. The van der Waals surface area contributed by atoms with Gasteiger partial charge in [0.15, 0.2) is 0 Å². The van der Waals surface area contributed by atoms with Crippen molar-refractivity contribution in [2.75, 3.05) is 36.0 Å². The first-order valence-corrected chi connectivity index (χ1v) is 9.58. The van der Waals surface area contributed by atoms with Crippen molar-refractivity contribution in [3.05, 3.63) is 84.2 Å². The fraction of sp³-hybridized carbons (Fsp3) is 0.227. The largest absolute Gasteiger partial charge is 0.367 e. The number of hydrogen-bond acceptors (Lipinski definition) is 5. The van der Waals surface area contributed by atoms with Gasteiger partial charge in [-0.3, -0.25) is 9.78 Å². The number of anilines is 2. The summed E-state index contributed by atoms with van der Waals surface area (Å²) in [4.78, 5) is 24.8. The summed E-state index contributed by atoms with van der Waals surface area (Å²) in [6.45, 7) is 3.43. The van der Waals surface area contributed by atoms with Gasteiger partial charge in [-0.25, -0.2) is 9.37 Å². The second-order valence-corrected chi connectivity index (χ2v) is 6.87. The van der Waals surface area contributed by atoms with E-state index >= 15 is 0 Å². The van der Waals surface area contributed by atoms with Gasteiger partial charge in [0.2, 0.25) is 0 Å². The lowest BCUT2D eigenvalue weighted by molar-refractivity contribution is 0.0946. The molecule has 1 amide bonds. The van der Waals surface area contributed by atoms with Crippen LogP contribution < -0.4 is 15.1 Å². The number of hydrogen-bond donors (Lipinski definition) is 1. The van der Waals surface area contributed by atoms with Gasteiger partial charge in [0.1, 0.15) is 11.5 Å². The van der Waals surface area contributed by atoms with Crippen LogP contribution in [0.2, 0.25) is 0 Å². The monoisotopic (exact) mass is 391 g/mol. The van der Waals surface area contributed by atoms with Crippen LogP contribution in [0.5, 0.6) is 0 Å². The van der Waals surface area contributed by atoms with E-state index in [0.29, 0.717) is 17.9 Å². The highest BCUT2D eigenvalue weighted by Crippen LogP contribution is 2.22. The van der Waals surface area contributed by atoms with Crippen LogP contribution in [-0.2, 0) is 6.54 Å². The average molecular weight is 391 g/mol. The van der Waals surface area contributed by atoms with E-state index < -0.39 is 0 Å². The number of carbonyl (C=O) groups is 1. The maximum Gasteiger partial charge on any atom is 0.270 e. The van der Waals surface area contributed by atoms with E-state index in [0.717, 1.165) is 37.4 Å². The van der Waals surface area contributed by atoms with E-state index in [1.54, 1.807) is 30.7 Å². The van der Waals surface area contributed by atoms with E-state index in [-0.39, 0.29) is 11.7 Å². The van der Waals surface area contributed by atoms with Crippen molar-refractivity contribution < 1.29 is 9.18 Å². The van der Waals surface area contributed by atoms with E-state index in [2.05, 4.69) is 25.1 Å². The van der Waals surface area contributed by atoms with Gasteiger partial charge in [-0.2, -0.15) is 0 Å². The average Bonchev–Trinajstić information content (AvgIpc) is 2.79. The Labute approximate surface area is 169 Å². The third-order valence-electron chi connectivity index (χ3n) is 5.02. The third kappa shape index (κ3) is 4.51. The number of piperazine rings is 1. The van der Waals surface area contributed by atoms with Gasteiger partial charge in [-0.15, -0.1) is 0 Å². The minimum Gasteiger partial charge on any atom is -0.367 e. The molecular weight excluding hydrogens is 369 g/mol. The topological polar surface area (TPSA) is 61.4 Å². The molecule has 7 heteroatoms. The number of pyridine rings is 2. The zero-order valence-electron chi connectivity index (χ0n) is 16.0. The van der Waals surface area contributed by atoms with E-state index in [1.165, 1.54) is 6.07 Å². The Bertz CT molecular complexity index is 956. The predicted molar refractivity (Wildman–Crippen MR) is 110 cm³/mol. The highest BCUT2D eigenvalue weighted by atomic mass is 19.1. The predicted octanol–water partition coefficient (Wildman–Crippen LogP) is 2.87. The summed E-state index contributed by atoms with van der Waals surface area (Å²) in [5.74, 6) is -0.400. The lowest BCUT2D eigenvalue weighted by Crippen LogP contribution is -2.46. The number of benzene rings is 1. The number of carbonyl (C=O) groups excluding carboxylic acids is 1. The number of nitrogens with one attached hydrogen (secondary N) is 1. The molecule has 0 spiro atoms. The molecular formula is C22H22FN5O. The summed E-state index contributed by atoms with van der Waals surface area (Å²) >= 11 is 0. The maximum absolute atomic E-state index is 14.0. The molecule has 1 aliphatic heterocycles. The SMILES string of the molecule is O=C(NCc1ccncc1)c1ccc(N2CCN(c3ccccc3F)CC2)cn1. The molecule has 148 valence electrons. The van der Waals surface area contributed by atoms with Crippen molar-refractivity contribution in [1.82, 2.24) is 15.3 Å². The standard InChI is InChI=1S/C22H22FN5O/c23-19-3-1-2-4-21(19)28-13-11-27(12-14-28)18-5-6-20(25-16-18)22(29)26-15-17-7-9-24-10-8-17/h1-10,16H,11-15H2,(H,26,29). The number of rotatable bonds is 5. The minimum absolute atomic E-state index is 0.190. The third-order valence-corrected chi connectivity index (χ3v) is 5.02. The molecule has 6 nitrogen and oxygen atoms in total. The molecule has 2 aromatic heterocycles. The lowest BCUT2D eigenvalue weighted by Gasteiger charge is -2.37. The molecule has 3 aromatic rings. The first kappa shape index (κ1) is 18.9. The molecule has 1 saturated heterocycles. The molecule has 0 saturated carbocycles. The Morgan fingerprint density at radius 1 is 0.966 bits per heavy atom. The van der Waals surface area contributed by atoms with Crippen molar-refractivity contribution in [2.24, 2.45) is 0 Å². The van der Waals surface area contributed by atoms with Gasteiger partial charge < -0.3 is 15.1 Å². The van der Waals surface area contributed by atoms with E-state index in [9.17, 15) is 9.18 Å². The number of nitrogens with zero attached hydrogens (tertiary/aromatic N) is 4. The molecule has 1 N–H and O–H groups in total. The molecule has 1 aliphatic rings. The van der Waals surface area contributed by atoms with Crippen molar-refractivity contribution >= 4 is 17.3 Å². The highest BCUT2D eigenvalue weighted by Gasteiger charge is 2.20. The van der Waals surface area contributed by atoms with Crippen LogP contribution in [0, 0.1) is 5.82 Å². The Hall–Kier alpha value is -3.48. The molecule has 1 fully saturated rings. The van der Waals surface area contributed by atoms with Crippen LogP contribution in [0.15, 0.2) is 67.1 Å². The first-order valence-electron chi connectivity index (χ1n) is 9.58. The first-order chi connectivity index (χ1) is 14.2. The second kappa shape index (κ2) is 8.68. The van der Waals surface area contributed by atoms with Crippen LogP contribution in [0.3, 0.4) is 0 Å². The number of aromatic nitrogens is 2. The summed E-state index contributed by atoms with van der Waals surface area (Å²) in [7, 11) is 0. The van der Waals surface area contributed by atoms with Gasteiger partial charge in [0.25, 0.3) is 5.91 Å². The van der Waals surface area contributed by atoms with Crippen LogP contribution >= 0.6 is 0 Å². The molecule has 0 atom stereocenters. The van der Waals surface area contributed by atoms with Crippen molar-refractivity contribution in [1.29, 1.82) is 0 Å². The maximum atomic E-state index is 14.0. The van der Waals surface area contributed by atoms with Crippen molar-refractivity contribution in [2.45, 2.75) is 6.54 Å². The molecule has 3 heterocycles. The molecule has 0 bridgehead atoms. The molecule has 0 aliphatic carbocycles. The number of para-hydroxylation sites is 1. The van der Waals surface area contributed by atoms with Crippen molar-refractivity contribution in [3.63, 3.8) is 0 Å². The van der Waals surface area contributed by atoms with Crippen LogP contribution in [0.1, 0.15) is 16.1 Å². The summed E-state index contributed by atoms with van der Waals surface area (Å²) in [6.07, 6.45) is 5.11. The molecule has 0 radical (unpaired) electrons. The van der Waals surface area contributed by atoms with Gasteiger partial charge >= 0.3 is 0 Å². The summed E-state index contributed by atoms with van der Waals surface area (Å²) in [6, 6.07) is 14.2. The Kier molecular flexibility index (Phi) is 5.65. The van der Waals surface area contributed by atoms with Gasteiger partial charge in [-0.05, 0) is 42.0 Å². The number of halogens is 1. The highest BCUT2D eigenvalue weighted by molar-refractivity contribution is 5.92. The Morgan fingerprint density at radius 2 is 1.69 bits per heavy atom. The molecule has 0 unspecified atom stereocenters. The van der Waals surface area contributed by atoms with Gasteiger partial charge in [0, 0.05) is 45.1 Å². The fourth-order valence-electron chi connectivity index (χ4n) is 3.39. The molecule has 1 aromatic carbocycles. The molecule has 4 rings (SSSR count). The van der Waals surface area contributed by atoms with E-state index in [1.807, 2.05) is 30.3 Å². The fourth-order valence-corrected chi connectivity index (χ4v) is 3.39. The van der Waals surface area contributed by atoms with E-state index in [4.69, 9.17) is 0 Å². The summed E-state index contributed by atoms with van der Waals surface area (Å²) < 4.78 is 14.0. The van der Waals surface area contributed by atoms with Crippen LogP contribution in [-0.4, -0.2) is 42.1 Å². The Morgan fingerprint density at radius 3 is 2.38 bits per heavy atom. The quantitative estimate of drug-likeness (QED) is 0.725. The molecule has 29 heavy (non-hydrogen) atoms. The lowest BCUT2D eigenvalue weighted by atomic mass is 10.2. The summed E-state index contributed by atoms with van der Waals surface area (Å²) in [5, 5.41) is 2.86. The summed E-state index contributed by atoms with van der Waals surface area (Å²) in [5.41, 5.74) is 2.97. The minimum atomic E-state index is -0.210. The van der Waals surface area contributed by atoms with Crippen LogP contribution in [0.4, 0.5) is 15.8 Å².